The molecule has 0 spiro atoms. The minimum atomic E-state index is -2.33. The Morgan fingerprint density at radius 1 is 1.16 bits per heavy atom. The number of nitrogens with one attached hydrogen (secondary N) is 1. The molecule has 1 aliphatic carbocycles. The van der Waals surface area contributed by atoms with E-state index in [4.69, 9.17) is 25.4 Å². The van der Waals surface area contributed by atoms with E-state index in [2.05, 4.69) is 9.98 Å². The number of phenolic OH excluding ortho intramolecular Hbond substituents is 1. The van der Waals surface area contributed by atoms with Gasteiger partial charge in [-0.2, -0.15) is 4.39 Å². The molecule has 2 aromatic carbocycles. The van der Waals surface area contributed by atoms with Gasteiger partial charge in [-0.05, 0) is 48.6 Å². The molecule has 1 aliphatic heterocycles. The van der Waals surface area contributed by atoms with Gasteiger partial charge in [0.2, 0.25) is 17.2 Å². The fourth-order valence-corrected chi connectivity index (χ4v) is 4.32. The number of aliphatic hydroxyl groups is 1. The maximum absolute atomic E-state index is 15.6. The molecule has 222 valence electrons. The summed E-state index contributed by atoms with van der Waals surface area (Å²) in [5.74, 6) is -6.13. The van der Waals surface area contributed by atoms with Crippen molar-refractivity contribution in [3.05, 3.63) is 89.7 Å². The molecule has 0 fully saturated rings. The van der Waals surface area contributed by atoms with Crippen LogP contribution in [0.25, 0.3) is 0 Å². The third kappa shape index (κ3) is 5.67. The second kappa shape index (κ2) is 11.4. The van der Waals surface area contributed by atoms with Crippen molar-refractivity contribution in [2.45, 2.75) is 11.7 Å². The molecular formula is C29H25F2N5O7. The second-order valence-electron chi connectivity index (χ2n) is 9.55. The monoisotopic (exact) mass is 593 g/mol. The SMILES string of the molecule is CN1CCN=C1c1cc(OC2C=CC=CC2(O)C(=O)O)ccc1Oc1c(F)cnc(Oc2cc(C(=N)N)ccc2O)c1F. The first-order chi connectivity index (χ1) is 20.5. The highest BCUT2D eigenvalue weighted by Gasteiger charge is 2.44. The van der Waals surface area contributed by atoms with Crippen LogP contribution in [0.4, 0.5) is 8.78 Å². The summed E-state index contributed by atoms with van der Waals surface area (Å²) < 4.78 is 47.4. The normalized spacial score (nSPS) is 19.2. The molecule has 5 rings (SSSR count). The lowest BCUT2D eigenvalue weighted by molar-refractivity contribution is -0.159. The lowest BCUT2D eigenvalue weighted by atomic mass is 9.92. The van der Waals surface area contributed by atoms with Crippen LogP contribution in [0.3, 0.4) is 0 Å². The molecule has 3 aromatic rings. The number of likely N-dealkylation sites (N-methyl/N-ethyl adjacent to an activating group) is 1. The maximum Gasteiger partial charge on any atom is 0.344 e. The lowest BCUT2D eigenvalue weighted by Crippen LogP contribution is -2.50. The third-order valence-corrected chi connectivity index (χ3v) is 6.63. The zero-order valence-electron chi connectivity index (χ0n) is 22.5. The van der Waals surface area contributed by atoms with Gasteiger partial charge in [-0.1, -0.05) is 12.2 Å². The van der Waals surface area contributed by atoms with E-state index in [0.29, 0.717) is 25.1 Å². The van der Waals surface area contributed by atoms with Crippen LogP contribution in [0, 0.1) is 17.0 Å². The number of carboxylic acid groups (broad SMARTS) is 1. The van der Waals surface area contributed by atoms with E-state index in [-0.39, 0.29) is 34.2 Å². The van der Waals surface area contributed by atoms with E-state index >= 15 is 4.39 Å². The van der Waals surface area contributed by atoms with Gasteiger partial charge in [0.15, 0.2) is 23.4 Å². The molecule has 2 unspecified atom stereocenters. The summed E-state index contributed by atoms with van der Waals surface area (Å²) >= 11 is 0. The maximum atomic E-state index is 15.6. The van der Waals surface area contributed by atoms with Crippen LogP contribution in [0.1, 0.15) is 11.1 Å². The highest BCUT2D eigenvalue weighted by molar-refractivity contribution is 6.02. The summed E-state index contributed by atoms with van der Waals surface area (Å²) in [6.07, 6.45) is 4.77. The van der Waals surface area contributed by atoms with Crippen LogP contribution in [0.5, 0.6) is 34.6 Å². The van der Waals surface area contributed by atoms with E-state index in [1.165, 1.54) is 54.6 Å². The molecule has 0 radical (unpaired) electrons. The molecular weight excluding hydrogens is 568 g/mol. The molecule has 2 heterocycles. The van der Waals surface area contributed by atoms with Crippen molar-refractivity contribution in [2.24, 2.45) is 10.7 Å². The van der Waals surface area contributed by atoms with Crippen LogP contribution >= 0.6 is 0 Å². The number of halogens is 2. The number of carbonyl (C=O) groups is 1. The molecule has 0 saturated heterocycles. The van der Waals surface area contributed by atoms with Crippen molar-refractivity contribution in [3.8, 4) is 34.6 Å². The summed E-state index contributed by atoms with van der Waals surface area (Å²) in [6, 6.07) is 7.91. The van der Waals surface area contributed by atoms with Gasteiger partial charge in [0.25, 0.3) is 5.88 Å². The molecule has 43 heavy (non-hydrogen) atoms. The van der Waals surface area contributed by atoms with Crippen molar-refractivity contribution in [1.82, 2.24) is 9.88 Å². The first kappa shape index (κ1) is 29.0. The van der Waals surface area contributed by atoms with Crippen LogP contribution in [0.2, 0.25) is 0 Å². The summed E-state index contributed by atoms with van der Waals surface area (Å²) in [5, 5.41) is 37.9. The highest BCUT2D eigenvalue weighted by atomic mass is 19.1. The Hall–Kier alpha value is -5.50. The van der Waals surface area contributed by atoms with Gasteiger partial charge in [0.1, 0.15) is 23.2 Å². The van der Waals surface area contributed by atoms with Crippen molar-refractivity contribution >= 4 is 17.6 Å². The Bertz CT molecular complexity index is 1710. The molecule has 1 aromatic heterocycles. The average molecular weight is 594 g/mol. The number of nitrogens with two attached hydrogens (primary N) is 1. The number of phenols is 1. The molecule has 0 bridgehead atoms. The number of hydrogen-bond donors (Lipinski definition) is 5. The van der Waals surface area contributed by atoms with E-state index in [0.717, 1.165) is 6.08 Å². The van der Waals surface area contributed by atoms with Gasteiger partial charge in [0, 0.05) is 19.2 Å². The number of nitrogen functional groups attached to an aromatic ring is 1. The number of aliphatic carboxylic acids is 1. The predicted molar refractivity (Wildman–Crippen MR) is 149 cm³/mol. The molecule has 2 atom stereocenters. The first-order valence-electron chi connectivity index (χ1n) is 12.7. The van der Waals surface area contributed by atoms with Gasteiger partial charge < -0.3 is 40.2 Å². The third-order valence-electron chi connectivity index (χ3n) is 6.63. The van der Waals surface area contributed by atoms with Crippen molar-refractivity contribution < 1.29 is 43.1 Å². The second-order valence-corrected chi connectivity index (χ2v) is 9.55. The molecule has 6 N–H and O–H groups in total. The number of aromatic hydroxyl groups is 1. The van der Waals surface area contributed by atoms with Crippen molar-refractivity contribution in [2.75, 3.05) is 20.1 Å². The minimum absolute atomic E-state index is 0.0381. The first-order valence-corrected chi connectivity index (χ1v) is 12.7. The summed E-state index contributed by atoms with van der Waals surface area (Å²) in [5.41, 5.74) is 3.58. The van der Waals surface area contributed by atoms with Gasteiger partial charge in [0.05, 0.1) is 18.3 Å². The van der Waals surface area contributed by atoms with E-state index in [9.17, 15) is 24.5 Å². The van der Waals surface area contributed by atoms with Crippen LogP contribution in [-0.2, 0) is 4.79 Å². The largest absolute Gasteiger partial charge is 0.504 e. The number of allylic oxidation sites excluding steroid dienone is 2. The quantitative estimate of drug-likeness (QED) is 0.182. The highest BCUT2D eigenvalue weighted by Crippen LogP contribution is 2.39. The number of aromatic nitrogens is 1. The Balaban J connectivity index is 1.50. The molecule has 12 nitrogen and oxygen atoms in total. The number of pyridine rings is 1. The Morgan fingerprint density at radius 3 is 2.65 bits per heavy atom. The Labute approximate surface area is 243 Å². The fourth-order valence-electron chi connectivity index (χ4n) is 4.32. The zero-order valence-corrected chi connectivity index (χ0v) is 22.5. The van der Waals surface area contributed by atoms with E-state index in [1.807, 2.05) is 0 Å². The molecule has 0 saturated carbocycles. The number of carboxylic acids is 1. The molecule has 0 amide bonds. The standard InChI is InChI=1S/C29H25F2N5O7/c1-36-11-10-34-26(36)17-13-16(41-22-4-2-3-9-29(22,40)28(38)39)6-8-20(17)42-24-18(30)14-35-27(23(24)31)43-21-12-15(25(32)33)5-7-19(21)37/h2-9,12-14,22,37,40H,10-11H2,1H3,(H3,32,33)(H,38,39). The summed E-state index contributed by atoms with van der Waals surface area (Å²) in [4.78, 5) is 21.6. The van der Waals surface area contributed by atoms with Crippen LogP contribution in [0.15, 0.2) is 71.9 Å². The molecule has 2 aliphatic rings. The number of ether oxygens (including phenoxy) is 3. The van der Waals surface area contributed by atoms with Gasteiger partial charge in [-0.15, -0.1) is 0 Å². The molecule has 14 heteroatoms. The number of amidine groups is 2. The number of benzene rings is 2. The topological polar surface area (TPSA) is 184 Å². The van der Waals surface area contributed by atoms with Crippen LogP contribution < -0.4 is 19.9 Å². The van der Waals surface area contributed by atoms with Gasteiger partial charge in [-0.3, -0.25) is 10.4 Å². The number of rotatable bonds is 9. The number of nitrogens with zero attached hydrogens (tertiary/aromatic N) is 3. The van der Waals surface area contributed by atoms with Crippen molar-refractivity contribution in [1.29, 1.82) is 5.41 Å². The van der Waals surface area contributed by atoms with Gasteiger partial charge in [-0.25, -0.2) is 14.2 Å². The fraction of sp³-hybridized carbons (Fsp3) is 0.172. The predicted octanol–water partition coefficient (Wildman–Crippen LogP) is 3.32. The Kier molecular flexibility index (Phi) is 7.70. The van der Waals surface area contributed by atoms with E-state index in [1.54, 1.807) is 11.9 Å². The Morgan fingerprint density at radius 2 is 1.95 bits per heavy atom. The van der Waals surface area contributed by atoms with Crippen molar-refractivity contribution in [3.63, 3.8) is 0 Å². The van der Waals surface area contributed by atoms with Crippen LogP contribution in [-0.4, -0.2) is 74.7 Å². The van der Waals surface area contributed by atoms with E-state index < -0.39 is 46.7 Å². The smallest absolute Gasteiger partial charge is 0.344 e. The number of aliphatic imine (C=N–C) groups is 1. The summed E-state index contributed by atoms with van der Waals surface area (Å²) in [7, 11) is 1.75. The summed E-state index contributed by atoms with van der Waals surface area (Å²) in [6.45, 7) is 0.984. The number of hydrogen-bond acceptors (Lipinski definition) is 10. The lowest BCUT2D eigenvalue weighted by Gasteiger charge is -2.30. The zero-order chi connectivity index (χ0) is 30.9. The minimum Gasteiger partial charge on any atom is -0.504 e. The average Bonchev–Trinajstić information content (AvgIpc) is 3.40. The van der Waals surface area contributed by atoms with Gasteiger partial charge >= 0.3 is 5.97 Å².